The van der Waals surface area contributed by atoms with Gasteiger partial charge in [-0.1, -0.05) is 36.0 Å². The van der Waals surface area contributed by atoms with Crippen LogP contribution in [0.3, 0.4) is 0 Å². The summed E-state index contributed by atoms with van der Waals surface area (Å²) in [5.74, 6) is -1.81. The van der Waals surface area contributed by atoms with Gasteiger partial charge in [-0.05, 0) is 48.7 Å². The maximum absolute atomic E-state index is 13.7. The van der Waals surface area contributed by atoms with E-state index in [1.165, 1.54) is 18.2 Å². The van der Waals surface area contributed by atoms with Crippen molar-refractivity contribution < 1.29 is 35.9 Å². The van der Waals surface area contributed by atoms with Gasteiger partial charge in [0.1, 0.15) is 5.69 Å². The Morgan fingerprint density at radius 3 is 2.30 bits per heavy atom. The topological polar surface area (TPSA) is 100 Å². The van der Waals surface area contributed by atoms with Crippen LogP contribution in [0.1, 0.15) is 50.9 Å². The van der Waals surface area contributed by atoms with Crippen LogP contribution in [0.2, 0.25) is 5.02 Å². The standard InChI is InChI=1S/C23H17ClF6N4O2S/c24-14-9-15-11(7-13(14)18(35)34-21(4-5-21)20(31)37)8-16(32-15)19(36)33-17(23(28,29)30)10-2-1-3-12(6-10)22(25,26)27/h1-3,6-9,17,32H,4-5H2,(H2,31,37)(H,33,36)(H,34,35). The molecule has 1 saturated carbocycles. The molecule has 1 aliphatic rings. The number of halogens is 7. The van der Waals surface area contributed by atoms with Crippen molar-refractivity contribution in [2.75, 3.05) is 0 Å². The van der Waals surface area contributed by atoms with Crippen LogP contribution < -0.4 is 16.4 Å². The number of aromatic amines is 1. The van der Waals surface area contributed by atoms with E-state index < -0.39 is 46.9 Å². The van der Waals surface area contributed by atoms with Crippen molar-refractivity contribution in [3.63, 3.8) is 0 Å². The molecule has 0 saturated heterocycles. The van der Waals surface area contributed by atoms with E-state index in [-0.39, 0.29) is 32.2 Å². The van der Waals surface area contributed by atoms with Gasteiger partial charge in [-0.15, -0.1) is 0 Å². The molecule has 1 atom stereocenters. The highest BCUT2D eigenvalue weighted by atomic mass is 35.5. The molecular weight excluding hydrogens is 546 g/mol. The minimum Gasteiger partial charge on any atom is -0.391 e. The van der Waals surface area contributed by atoms with Gasteiger partial charge in [-0.25, -0.2) is 0 Å². The van der Waals surface area contributed by atoms with Crippen molar-refractivity contribution in [3.8, 4) is 0 Å². The molecule has 5 N–H and O–H groups in total. The van der Waals surface area contributed by atoms with Gasteiger partial charge >= 0.3 is 12.4 Å². The number of nitrogens with two attached hydrogens (primary N) is 1. The van der Waals surface area contributed by atoms with Gasteiger partial charge in [0.15, 0.2) is 6.04 Å². The van der Waals surface area contributed by atoms with Crippen LogP contribution in [-0.2, 0) is 6.18 Å². The van der Waals surface area contributed by atoms with Crippen LogP contribution in [-0.4, -0.2) is 33.5 Å². The summed E-state index contributed by atoms with van der Waals surface area (Å²) in [5, 5.41) is 4.72. The summed E-state index contributed by atoms with van der Waals surface area (Å²) in [6.45, 7) is 0. The van der Waals surface area contributed by atoms with E-state index in [2.05, 4.69) is 10.3 Å². The fourth-order valence-corrected chi connectivity index (χ4v) is 4.26. The Morgan fingerprint density at radius 2 is 1.73 bits per heavy atom. The molecular formula is C23H17ClF6N4O2S. The summed E-state index contributed by atoms with van der Waals surface area (Å²) in [5.41, 5.74) is 2.72. The molecule has 1 aliphatic carbocycles. The molecule has 0 radical (unpaired) electrons. The van der Waals surface area contributed by atoms with Gasteiger partial charge in [0.25, 0.3) is 11.8 Å². The number of carbonyl (C=O) groups excluding carboxylic acids is 2. The van der Waals surface area contributed by atoms with Crippen LogP contribution in [0.4, 0.5) is 26.3 Å². The van der Waals surface area contributed by atoms with Crippen molar-refractivity contribution in [3.05, 3.63) is 69.9 Å². The van der Waals surface area contributed by atoms with Gasteiger partial charge in [0.2, 0.25) is 0 Å². The second kappa shape index (κ2) is 9.21. The highest BCUT2D eigenvalue weighted by Crippen LogP contribution is 2.38. The monoisotopic (exact) mass is 562 g/mol. The number of thiocarbonyl (C=S) groups is 1. The lowest BCUT2D eigenvalue weighted by molar-refractivity contribution is -0.156. The number of hydrogen-bond donors (Lipinski definition) is 4. The zero-order valence-electron chi connectivity index (χ0n) is 18.5. The molecule has 1 heterocycles. The third kappa shape index (κ3) is 5.52. The highest BCUT2D eigenvalue weighted by molar-refractivity contribution is 7.80. The first kappa shape index (κ1) is 26.7. The van der Waals surface area contributed by atoms with E-state index in [1.807, 2.05) is 0 Å². The maximum Gasteiger partial charge on any atom is 0.416 e. The van der Waals surface area contributed by atoms with Crippen LogP contribution in [0.15, 0.2) is 42.5 Å². The smallest absolute Gasteiger partial charge is 0.391 e. The van der Waals surface area contributed by atoms with Gasteiger partial charge < -0.3 is 21.4 Å². The largest absolute Gasteiger partial charge is 0.416 e. The SMILES string of the molecule is NC(=S)C1(NC(=O)c2cc3cc(C(=O)NC(c4cccc(C(F)(F)F)c4)C(F)(F)F)[nH]c3cc2Cl)CC1. The third-order valence-electron chi connectivity index (χ3n) is 5.92. The van der Waals surface area contributed by atoms with Crippen LogP contribution in [0.25, 0.3) is 10.9 Å². The molecule has 0 bridgehead atoms. The molecule has 37 heavy (non-hydrogen) atoms. The number of alkyl halides is 6. The predicted molar refractivity (Wildman–Crippen MR) is 127 cm³/mol. The summed E-state index contributed by atoms with van der Waals surface area (Å²) >= 11 is 11.2. The Hall–Kier alpha value is -3.32. The minimum absolute atomic E-state index is 0.00492. The molecule has 14 heteroatoms. The lowest BCUT2D eigenvalue weighted by Crippen LogP contribution is -2.45. The second-order valence-electron chi connectivity index (χ2n) is 8.57. The van der Waals surface area contributed by atoms with Crippen LogP contribution in [0.5, 0.6) is 0 Å². The molecule has 1 aromatic heterocycles. The summed E-state index contributed by atoms with van der Waals surface area (Å²) in [4.78, 5) is 28.1. The average Bonchev–Trinajstić information content (AvgIpc) is 3.46. The minimum atomic E-state index is -5.09. The highest BCUT2D eigenvalue weighted by Gasteiger charge is 2.47. The quantitative estimate of drug-likeness (QED) is 0.238. The fraction of sp³-hybridized carbons (Fsp3) is 0.261. The number of hydrogen-bond acceptors (Lipinski definition) is 3. The molecule has 4 rings (SSSR count). The van der Waals surface area contributed by atoms with Crippen molar-refractivity contribution in [1.29, 1.82) is 0 Å². The zero-order valence-corrected chi connectivity index (χ0v) is 20.1. The number of nitrogens with one attached hydrogen (secondary N) is 3. The third-order valence-corrected chi connectivity index (χ3v) is 6.63. The predicted octanol–water partition coefficient (Wildman–Crippen LogP) is 5.42. The first-order valence-corrected chi connectivity index (χ1v) is 11.4. The zero-order chi connectivity index (χ0) is 27.3. The van der Waals surface area contributed by atoms with E-state index in [9.17, 15) is 35.9 Å². The van der Waals surface area contributed by atoms with E-state index >= 15 is 0 Å². The molecule has 2 amide bonds. The van der Waals surface area contributed by atoms with Crippen molar-refractivity contribution >= 4 is 51.5 Å². The van der Waals surface area contributed by atoms with Crippen molar-refractivity contribution in [2.24, 2.45) is 5.73 Å². The Morgan fingerprint density at radius 1 is 1.05 bits per heavy atom. The second-order valence-corrected chi connectivity index (χ2v) is 9.42. The Kier molecular flexibility index (Phi) is 6.65. The fourth-order valence-electron chi connectivity index (χ4n) is 3.75. The normalized spacial score (nSPS) is 15.8. The number of benzene rings is 2. The number of carbonyl (C=O) groups is 2. The van der Waals surface area contributed by atoms with Crippen LogP contribution in [0, 0.1) is 0 Å². The number of amides is 2. The molecule has 2 aromatic carbocycles. The van der Waals surface area contributed by atoms with E-state index in [0.29, 0.717) is 25.0 Å². The lowest BCUT2D eigenvalue weighted by Gasteiger charge is -2.22. The number of fused-ring (bicyclic) bond motifs is 1. The maximum atomic E-state index is 13.7. The first-order chi connectivity index (χ1) is 17.1. The average molecular weight is 563 g/mol. The molecule has 3 aromatic rings. The lowest BCUT2D eigenvalue weighted by atomic mass is 10.0. The molecule has 0 aliphatic heterocycles. The summed E-state index contributed by atoms with van der Waals surface area (Å²) in [7, 11) is 0. The molecule has 1 fully saturated rings. The van der Waals surface area contributed by atoms with Gasteiger partial charge in [-0.2, -0.15) is 26.3 Å². The van der Waals surface area contributed by atoms with E-state index in [0.717, 1.165) is 12.1 Å². The summed E-state index contributed by atoms with van der Waals surface area (Å²) < 4.78 is 80.2. The first-order valence-electron chi connectivity index (χ1n) is 10.6. The number of H-pyrrole nitrogens is 1. The Bertz CT molecular complexity index is 1410. The van der Waals surface area contributed by atoms with Crippen molar-refractivity contribution in [2.45, 2.75) is 36.8 Å². The van der Waals surface area contributed by atoms with Crippen LogP contribution >= 0.6 is 23.8 Å². The molecule has 6 nitrogen and oxygen atoms in total. The molecule has 196 valence electrons. The molecule has 1 unspecified atom stereocenters. The number of rotatable bonds is 6. The summed E-state index contributed by atoms with van der Waals surface area (Å²) in [6, 6.07) is 3.74. The van der Waals surface area contributed by atoms with Gasteiger partial charge in [0.05, 0.1) is 26.7 Å². The number of aromatic nitrogens is 1. The van der Waals surface area contributed by atoms with E-state index in [4.69, 9.17) is 29.6 Å². The Balaban J connectivity index is 1.61. The van der Waals surface area contributed by atoms with Crippen molar-refractivity contribution in [1.82, 2.24) is 15.6 Å². The molecule has 0 spiro atoms. The van der Waals surface area contributed by atoms with E-state index in [1.54, 1.807) is 5.32 Å². The van der Waals surface area contributed by atoms with Gasteiger partial charge in [-0.3, -0.25) is 9.59 Å². The summed E-state index contributed by atoms with van der Waals surface area (Å²) in [6.07, 6.45) is -8.84. The van der Waals surface area contributed by atoms with Gasteiger partial charge in [0, 0.05) is 10.9 Å². The Labute approximate surface area is 215 Å².